The van der Waals surface area contributed by atoms with Gasteiger partial charge >= 0.3 is 0 Å². The smallest absolute Gasteiger partial charge is 0.147 e. The Balaban J connectivity index is 1.81. The molecule has 1 saturated heterocycles. The normalized spacial score (nSPS) is 33.5. The summed E-state index contributed by atoms with van der Waals surface area (Å²) in [4.78, 5) is 0. The van der Waals surface area contributed by atoms with E-state index in [4.69, 9.17) is 4.74 Å². The first-order valence-corrected chi connectivity index (χ1v) is 7.95. The molecule has 0 radical (unpaired) electrons. The first-order valence-electron chi connectivity index (χ1n) is 7.95. The van der Waals surface area contributed by atoms with Crippen molar-refractivity contribution in [2.45, 2.75) is 44.2 Å². The van der Waals surface area contributed by atoms with Crippen molar-refractivity contribution < 1.29 is 15.1 Å². The van der Waals surface area contributed by atoms with Crippen LogP contribution in [0.1, 0.15) is 37.7 Å². The van der Waals surface area contributed by atoms with Crippen LogP contribution in [0.2, 0.25) is 0 Å². The van der Waals surface area contributed by atoms with Crippen LogP contribution in [-0.4, -0.2) is 34.8 Å². The molecule has 2 aliphatic rings. The molecule has 4 nitrogen and oxygen atoms in total. The molecule has 116 valence electrons. The van der Waals surface area contributed by atoms with Crippen molar-refractivity contribution in [3.63, 3.8) is 0 Å². The lowest BCUT2D eigenvalue weighted by Gasteiger charge is -2.51. The van der Waals surface area contributed by atoms with Gasteiger partial charge in [-0.1, -0.05) is 25.0 Å². The van der Waals surface area contributed by atoms with Gasteiger partial charge in [0.1, 0.15) is 11.5 Å². The van der Waals surface area contributed by atoms with E-state index in [1.165, 1.54) is 17.9 Å². The molecule has 0 bridgehead atoms. The maximum Gasteiger partial charge on any atom is 0.147 e. The van der Waals surface area contributed by atoms with Gasteiger partial charge in [-0.05, 0) is 42.9 Å². The van der Waals surface area contributed by atoms with Crippen LogP contribution in [0.15, 0.2) is 24.3 Å². The maximum absolute atomic E-state index is 11.2. The monoisotopic (exact) mass is 291 g/mol. The standard InChI is InChI=1S/C17H25NO3/c1-21-15-8-6-13(7-9-15)12-17(19)16-5-3-2-4-14(16)10-11-18(17)20/h6-9,14,16,19-20H,2-5,10-12H2,1H3/t14?,16?,17-/m0/s1. The van der Waals surface area contributed by atoms with Gasteiger partial charge in [-0.3, -0.25) is 0 Å². The van der Waals surface area contributed by atoms with Crippen molar-refractivity contribution in [2.75, 3.05) is 13.7 Å². The summed E-state index contributed by atoms with van der Waals surface area (Å²) in [6.45, 7) is 0.563. The summed E-state index contributed by atoms with van der Waals surface area (Å²) in [5, 5.41) is 22.6. The predicted molar refractivity (Wildman–Crippen MR) is 80.2 cm³/mol. The first kappa shape index (κ1) is 14.8. The molecule has 1 aliphatic carbocycles. The SMILES string of the molecule is COc1ccc(C[C@]2(O)C3CCCCC3CCN2O)cc1. The lowest BCUT2D eigenvalue weighted by atomic mass is 9.68. The van der Waals surface area contributed by atoms with Crippen molar-refractivity contribution in [3.8, 4) is 5.75 Å². The highest BCUT2D eigenvalue weighted by molar-refractivity contribution is 5.28. The van der Waals surface area contributed by atoms with Crippen LogP contribution in [0.5, 0.6) is 5.75 Å². The number of rotatable bonds is 3. The Morgan fingerprint density at radius 2 is 1.90 bits per heavy atom. The van der Waals surface area contributed by atoms with E-state index in [1.54, 1.807) is 7.11 Å². The average molecular weight is 291 g/mol. The number of methoxy groups -OCH3 is 1. The van der Waals surface area contributed by atoms with E-state index in [0.29, 0.717) is 18.9 Å². The van der Waals surface area contributed by atoms with Crippen LogP contribution < -0.4 is 4.74 Å². The number of piperidine rings is 1. The third-order valence-corrected chi connectivity index (χ3v) is 5.28. The second kappa shape index (κ2) is 5.95. The fourth-order valence-corrected chi connectivity index (χ4v) is 4.10. The molecule has 1 aliphatic heterocycles. The van der Waals surface area contributed by atoms with Crippen LogP contribution in [0, 0.1) is 11.8 Å². The van der Waals surface area contributed by atoms with E-state index < -0.39 is 5.72 Å². The van der Waals surface area contributed by atoms with Gasteiger partial charge in [-0.2, -0.15) is 5.06 Å². The minimum Gasteiger partial charge on any atom is -0.497 e. The second-order valence-electron chi connectivity index (χ2n) is 6.47. The average Bonchev–Trinajstić information content (AvgIpc) is 2.52. The van der Waals surface area contributed by atoms with Crippen molar-refractivity contribution in [2.24, 2.45) is 11.8 Å². The molecule has 21 heavy (non-hydrogen) atoms. The van der Waals surface area contributed by atoms with Gasteiger partial charge in [0.05, 0.1) is 7.11 Å². The number of fused-ring (bicyclic) bond motifs is 1. The number of ether oxygens (including phenoxy) is 1. The molecule has 3 rings (SSSR count). The summed E-state index contributed by atoms with van der Waals surface area (Å²) in [7, 11) is 1.64. The lowest BCUT2D eigenvalue weighted by molar-refractivity contribution is -0.313. The van der Waals surface area contributed by atoms with Crippen molar-refractivity contribution >= 4 is 0 Å². The van der Waals surface area contributed by atoms with Crippen LogP contribution in [0.4, 0.5) is 0 Å². The molecule has 0 aromatic heterocycles. The zero-order valence-corrected chi connectivity index (χ0v) is 12.7. The quantitative estimate of drug-likeness (QED) is 0.899. The zero-order valence-electron chi connectivity index (χ0n) is 12.7. The molecule has 1 saturated carbocycles. The van der Waals surface area contributed by atoms with Crippen molar-refractivity contribution in [3.05, 3.63) is 29.8 Å². The van der Waals surface area contributed by atoms with Gasteiger partial charge in [0.25, 0.3) is 0 Å². The third kappa shape index (κ3) is 2.80. The highest BCUT2D eigenvalue weighted by atomic mass is 16.5. The Bertz CT molecular complexity index is 475. The first-order chi connectivity index (χ1) is 10.1. The summed E-state index contributed by atoms with van der Waals surface area (Å²) in [6.07, 6.45) is 6.06. The summed E-state index contributed by atoms with van der Waals surface area (Å²) < 4.78 is 5.17. The molecule has 4 heteroatoms. The molecule has 2 fully saturated rings. The Morgan fingerprint density at radius 3 is 2.62 bits per heavy atom. The van der Waals surface area contributed by atoms with E-state index in [9.17, 15) is 10.3 Å². The van der Waals surface area contributed by atoms with E-state index in [1.807, 2.05) is 24.3 Å². The lowest BCUT2D eigenvalue weighted by Crippen LogP contribution is -2.60. The Morgan fingerprint density at radius 1 is 1.19 bits per heavy atom. The second-order valence-corrected chi connectivity index (χ2v) is 6.47. The third-order valence-electron chi connectivity index (χ3n) is 5.28. The molecule has 2 N–H and O–H groups in total. The maximum atomic E-state index is 11.2. The molecular formula is C17H25NO3. The summed E-state index contributed by atoms with van der Waals surface area (Å²) in [5.74, 6) is 1.53. The number of hydrogen-bond acceptors (Lipinski definition) is 4. The summed E-state index contributed by atoms with van der Waals surface area (Å²) >= 11 is 0. The fourth-order valence-electron chi connectivity index (χ4n) is 4.10. The number of hydroxylamine groups is 2. The van der Waals surface area contributed by atoms with Crippen LogP contribution in [0.25, 0.3) is 0 Å². The Kier molecular flexibility index (Phi) is 4.20. The molecule has 2 unspecified atom stereocenters. The number of hydrogen-bond donors (Lipinski definition) is 2. The van der Waals surface area contributed by atoms with Gasteiger partial charge in [0, 0.05) is 18.9 Å². The minimum absolute atomic E-state index is 0.173. The van der Waals surface area contributed by atoms with Crippen LogP contribution in [0.3, 0.4) is 0 Å². The highest BCUT2D eigenvalue weighted by Gasteiger charge is 2.49. The van der Waals surface area contributed by atoms with Gasteiger partial charge in [0.2, 0.25) is 0 Å². The Labute approximate surface area is 126 Å². The van der Waals surface area contributed by atoms with Crippen molar-refractivity contribution in [1.29, 1.82) is 0 Å². The van der Waals surface area contributed by atoms with E-state index >= 15 is 0 Å². The molecule has 1 heterocycles. The van der Waals surface area contributed by atoms with Gasteiger partial charge in [-0.25, -0.2) is 0 Å². The highest BCUT2D eigenvalue weighted by Crippen LogP contribution is 2.45. The van der Waals surface area contributed by atoms with Crippen LogP contribution in [-0.2, 0) is 6.42 Å². The minimum atomic E-state index is -1.13. The van der Waals surface area contributed by atoms with Gasteiger partial charge in [0.15, 0.2) is 0 Å². The van der Waals surface area contributed by atoms with Gasteiger partial charge < -0.3 is 15.1 Å². The van der Waals surface area contributed by atoms with E-state index in [-0.39, 0.29) is 5.92 Å². The molecule has 1 aromatic carbocycles. The van der Waals surface area contributed by atoms with E-state index in [2.05, 4.69) is 0 Å². The van der Waals surface area contributed by atoms with Gasteiger partial charge in [-0.15, -0.1) is 0 Å². The summed E-state index contributed by atoms with van der Waals surface area (Å²) in [6, 6.07) is 7.75. The molecular weight excluding hydrogens is 266 g/mol. The van der Waals surface area contributed by atoms with Crippen molar-refractivity contribution in [1.82, 2.24) is 5.06 Å². The topological polar surface area (TPSA) is 52.9 Å². The Hall–Kier alpha value is -1.10. The number of benzene rings is 1. The number of nitrogens with zero attached hydrogens (tertiary/aromatic N) is 1. The summed E-state index contributed by atoms with van der Waals surface area (Å²) in [5.41, 5.74) is -0.0960. The fraction of sp³-hybridized carbons (Fsp3) is 0.647. The zero-order chi connectivity index (χ0) is 14.9. The van der Waals surface area contributed by atoms with Crippen LogP contribution >= 0.6 is 0 Å². The predicted octanol–water partition coefficient (Wildman–Crippen LogP) is 2.83. The van der Waals surface area contributed by atoms with E-state index in [0.717, 1.165) is 30.6 Å². The molecule has 0 amide bonds. The largest absolute Gasteiger partial charge is 0.497 e. The molecule has 0 spiro atoms. The number of aliphatic hydroxyl groups is 1. The molecule has 3 atom stereocenters. The molecule has 1 aromatic rings.